The van der Waals surface area contributed by atoms with Gasteiger partial charge in [-0.1, -0.05) is 12.1 Å². The Labute approximate surface area is 189 Å². The third-order valence-corrected chi connectivity index (χ3v) is 4.86. The fourth-order valence-electron chi connectivity index (χ4n) is 3.19. The number of nitrogens with zero attached hydrogens (tertiary/aromatic N) is 4. The number of fused-ring (bicyclic) bond motifs is 1. The van der Waals surface area contributed by atoms with Crippen molar-refractivity contribution >= 4 is 29.1 Å². The van der Waals surface area contributed by atoms with Crippen LogP contribution in [0.3, 0.4) is 0 Å². The highest BCUT2D eigenvalue weighted by Gasteiger charge is 2.12. The first-order valence-corrected chi connectivity index (χ1v) is 10.3. The molecule has 4 aromatic rings. The number of aliphatic hydroxyl groups is 1. The van der Waals surface area contributed by atoms with Crippen molar-refractivity contribution in [2.45, 2.75) is 13.0 Å². The van der Waals surface area contributed by atoms with Gasteiger partial charge in [-0.25, -0.2) is 9.50 Å². The quantitative estimate of drug-likeness (QED) is 0.342. The summed E-state index contributed by atoms with van der Waals surface area (Å²) >= 11 is 0. The minimum atomic E-state index is -0.605. The number of aromatic nitrogens is 4. The van der Waals surface area contributed by atoms with Crippen LogP contribution >= 0.6 is 0 Å². The minimum absolute atomic E-state index is 0.194. The van der Waals surface area contributed by atoms with E-state index in [2.05, 4.69) is 31.0 Å². The molecule has 0 aliphatic heterocycles. The Balaban J connectivity index is 1.55. The Morgan fingerprint density at radius 1 is 1.09 bits per heavy atom. The number of pyridine rings is 2. The summed E-state index contributed by atoms with van der Waals surface area (Å²) in [6, 6.07) is 14.3. The van der Waals surface area contributed by atoms with E-state index in [9.17, 15) is 14.7 Å². The van der Waals surface area contributed by atoms with E-state index in [1.165, 1.54) is 0 Å². The van der Waals surface area contributed by atoms with Gasteiger partial charge in [0.05, 0.1) is 18.0 Å². The van der Waals surface area contributed by atoms with Gasteiger partial charge in [-0.3, -0.25) is 9.59 Å². The van der Waals surface area contributed by atoms with Crippen LogP contribution in [0.1, 0.15) is 27.8 Å². The van der Waals surface area contributed by atoms with Gasteiger partial charge in [0.25, 0.3) is 11.8 Å². The third-order valence-electron chi connectivity index (χ3n) is 4.86. The lowest BCUT2D eigenvalue weighted by molar-refractivity contribution is 0.0922. The van der Waals surface area contributed by atoms with Crippen LogP contribution in [0.15, 0.2) is 60.9 Å². The maximum atomic E-state index is 12.2. The SMILES string of the molecule is CNC(=O)c1ccc(Nc2nc3c(-c4ccc(C(=O)NCC(C)O)cc4)cccn3n2)cn1. The van der Waals surface area contributed by atoms with Gasteiger partial charge in [-0.2, -0.15) is 4.98 Å². The van der Waals surface area contributed by atoms with Crippen molar-refractivity contribution < 1.29 is 14.7 Å². The Bertz CT molecular complexity index is 1280. The van der Waals surface area contributed by atoms with Gasteiger partial charge >= 0.3 is 0 Å². The summed E-state index contributed by atoms with van der Waals surface area (Å²) in [5, 5.41) is 22.1. The first-order chi connectivity index (χ1) is 15.9. The van der Waals surface area contributed by atoms with E-state index in [1.807, 2.05) is 24.3 Å². The molecule has 0 saturated carbocycles. The number of aliphatic hydroxyl groups excluding tert-OH is 1. The second kappa shape index (κ2) is 9.45. The molecule has 0 saturated heterocycles. The molecule has 0 aliphatic carbocycles. The van der Waals surface area contributed by atoms with Crippen molar-refractivity contribution in [2.75, 3.05) is 18.9 Å². The molecule has 1 aromatic carbocycles. The lowest BCUT2D eigenvalue weighted by Crippen LogP contribution is -2.30. The fraction of sp³-hybridized carbons (Fsp3) is 0.174. The molecule has 1 unspecified atom stereocenters. The number of benzene rings is 1. The van der Waals surface area contributed by atoms with Gasteiger partial charge in [0, 0.05) is 30.9 Å². The predicted molar refractivity (Wildman–Crippen MR) is 123 cm³/mol. The highest BCUT2D eigenvalue weighted by Crippen LogP contribution is 2.25. The van der Waals surface area contributed by atoms with Crippen molar-refractivity contribution in [1.29, 1.82) is 0 Å². The lowest BCUT2D eigenvalue weighted by atomic mass is 10.0. The summed E-state index contributed by atoms with van der Waals surface area (Å²) in [5.41, 5.74) is 3.83. The summed E-state index contributed by atoms with van der Waals surface area (Å²) in [4.78, 5) is 32.5. The summed E-state index contributed by atoms with van der Waals surface area (Å²) in [6.07, 6.45) is 2.73. The molecule has 168 valence electrons. The summed E-state index contributed by atoms with van der Waals surface area (Å²) < 4.78 is 1.66. The van der Waals surface area contributed by atoms with Crippen LogP contribution in [0.25, 0.3) is 16.8 Å². The average molecular weight is 445 g/mol. The summed E-state index contributed by atoms with van der Waals surface area (Å²) in [5.74, 6) is -0.125. The molecule has 10 heteroatoms. The number of amides is 2. The standard InChI is InChI=1S/C23H23N7O3/c1-14(31)12-26-21(32)16-7-5-15(6-8-16)18-4-3-11-30-20(18)28-23(29-30)27-17-9-10-19(25-13-17)22(33)24-2/h3-11,13-14,31H,12H2,1-2H3,(H,24,33)(H,26,32)(H,27,29). The Morgan fingerprint density at radius 2 is 1.88 bits per heavy atom. The number of anilines is 2. The third kappa shape index (κ3) is 4.96. The van der Waals surface area contributed by atoms with Gasteiger partial charge in [0.1, 0.15) is 5.69 Å². The van der Waals surface area contributed by atoms with Crippen molar-refractivity contribution in [2.24, 2.45) is 0 Å². The molecule has 1 atom stereocenters. The Hall–Kier alpha value is -4.31. The highest BCUT2D eigenvalue weighted by atomic mass is 16.3. The molecule has 0 radical (unpaired) electrons. The molecule has 2 amide bonds. The van der Waals surface area contributed by atoms with Crippen LogP contribution in [0.2, 0.25) is 0 Å². The van der Waals surface area contributed by atoms with Gasteiger partial charge in [0.15, 0.2) is 5.65 Å². The number of carbonyl (C=O) groups excluding carboxylic acids is 2. The predicted octanol–water partition coefficient (Wildman–Crippen LogP) is 2.01. The van der Waals surface area contributed by atoms with Crippen LogP contribution in [0.5, 0.6) is 0 Å². The highest BCUT2D eigenvalue weighted by molar-refractivity contribution is 5.95. The fourth-order valence-corrected chi connectivity index (χ4v) is 3.19. The topological polar surface area (TPSA) is 134 Å². The molecule has 3 heterocycles. The Morgan fingerprint density at radius 3 is 2.55 bits per heavy atom. The van der Waals surface area contributed by atoms with Gasteiger partial charge in [-0.15, -0.1) is 5.10 Å². The van der Waals surface area contributed by atoms with Crippen LogP contribution in [-0.2, 0) is 0 Å². The molecule has 0 spiro atoms. The van der Waals surface area contributed by atoms with Gasteiger partial charge in [-0.05, 0) is 48.9 Å². The maximum absolute atomic E-state index is 12.2. The maximum Gasteiger partial charge on any atom is 0.269 e. The smallest absolute Gasteiger partial charge is 0.269 e. The molecule has 4 N–H and O–H groups in total. The zero-order valence-electron chi connectivity index (χ0n) is 18.1. The van der Waals surface area contributed by atoms with Crippen molar-refractivity contribution in [3.63, 3.8) is 0 Å². The monoisotopic (exact) mass is 445 g/mol. The van der Waals surface area contributed by atoms with E-state index in [0.717, 1.165) is 11.1 Å². The first-order valence-electron chi connectivity index (χ1n) is 10.3. The van der Waals surface area contributed by atoms with Crippen molar-refractivity contribution in [3.8, 4) is 11.1 Å². The normalized spacial score (nSPS) is 11.7. The Kier molecular flexibility index (Phi) is 6.27. The number of rotatable bonds is 7. The van der Waals surface area contributed by atoms with Gasteiger partial charge in [0.2, 0.25) is 5.95 Å². The molecule has 10 nitrogen and oxygen atoms in total. The van der Waals surface area contributed by atoms with Crippen molar-refractivity contribution in [3.05, 3.63) is 72.2 Å². The summed E-state index contributed by atoms with van der Waals surface area (Å²) in [6.45, 7) is 1.81. The van der Waals surface area contributed by atoms with E-state index >= 15 is 0 Å². The molecular weight excluding hydrogens is 422 g/mol. The molecule has 33 heavy (non-hydrogen) atoms. The second-order valence-corrected chi connectivity index (χ2v) is 7.40. The molecule has 4 rings (SSSR count). The molecule has 0 fully saturated rings. The van der Waals surface area contributed by atoms with Crippen molar-refractivity contribution in [1.82, 2.24) is 30.2 Å². The van der Waals surface area contributed by atoms with E-state index in [4.69, 9.17) is 0 Å². The van der Waals surface area contributed by atoms with Crippen LogP contribution in [0, 0.1) is 0 Å². The van der Waals surface area contributed by atoms with E-state index < -0.39 is 6.10 Å². The van der Waals surface area contributed by atoms with Gasteiger partial charge < -0.3 is 21.1 Å². The average Bonchev–Trinajstić information content (AvgIpc) is 3.25. The largest absolute Gasteiger partial charge is 0.392 e. The molecule has 0 aliphatic rings. The van der Waals surface area contributed by atoms with E-state index in [0.29, 0.717) is 28.5 Å². The second-order valence-electron chi connectivity index (χ2n) is 7.40. The molecular formula is C23H23N7O3. The van der Waals surface area contributed by atoms with Crippen LogP contribution in [0.4, 0.5) is 11.6 Å². The number of carbonyl (C=O) groups is 2. The summed E-state index contributed by atoms with van der Waals surface area (Å²) in [7, 11) is 1.55. The van der Waals surface area contributed by atoms with Crippen LogP contribution < -0.4 is 16.0 Å². The van der Waals surface area contributed by atoms with E-state index in [1.54, 1.807) is 55.1 Å². The zero-order valence-corrected chi connectivity index (χ0v) is 18.1. The van der Waals surface area contributed by atoms with E-state index in [-0.39, 0.29) is 18.4 Å². The lowest BCUT2D eigenvalue weighted by Gasteiger charge is -2.08. The van der Waals surface area contributed by atoms with Crippen LogP contribution in [-0.4, -0.2) is 56.2 Å². The molecule has 3 aromatic heterocycles. The minimum Gasteiger partial charge on any atom is -0.392 e. The number of hydrogen-bond donors (Lipinski definition) is 4. The molecule has 0 bridgehead atoms. The number of nitrogens with one attached hydrogen (secondary N) is 3. The number of hydrogen-bond acceptors (Lipinski definition) is 7. The zero-order chi connectivity index (χ0) is 23.4. The first kappa shape index (κ1) is 21.9.